The predicted octanol–water partition coefficient (Wildman–Crippen LogP) is 3.38. The van der Waals surface area contributed by atoms with Gasteiger partial charge < -0.3 is 11.1 Å². The van der Waals surface area contributed by atoms with E-state index in [1.165, 1.54) is 0 Å². The molecule has 1 heterocycles. The first-order valence-electron chi connectivity index (χ1n) is 6.67. The third-order valence-electron chi connectivity index (χ3n) is 3.43. The van der Waals surface area contributed by atoms with Crippen molar-refractivity contribution in [2.24, 2.45) is 0 Å². The fourth-order valence-electron chi connectivity index (χ4n) is 2.40. The molecule has 1 aromatic heterocycles. The van der Waals surface area contributed by atoms with Crippen LogP contribution in [0, 0.1) is 6.92 Å². The fourth-order valence-corrected chi connectivity index (χ4v) is 2.40. The molecular weight excluding hydrogens is 262 g/mol. The summed E-state index contributed by atoms with van der Waals surface area (Å²) in [6.45, 7) is 1.87. The molecule has 4 heteroatoms. The van der Waals surface area contributed by atoms with Crippen LogP contribution in [0.3, 0.4) is 0 Å². The highest BCUT2D eigenvalue weighted by Crippen LogP contribution is 2.23. The molecule has 3 aromatic rings. The highest BCUT2D eigenvalue weighted by molar-refractivity contribution is 6.11. The third-order valence-corrected chi connectivity index (χ3v) is 3.43. The molecule has 21 heavy (non-hydrogen) atoms. The van der Waals surface area contributed by atoms with Gasteiger partial charge in [-0.3, -0.25) is 9.78 Å². The number of hydrogen-bond donors (Lipinski definition) is 2. The van der Waals surface area contributed by atoms with Crippen LogP contribution in [0.4, 0.5) is 11.4 Å². The minimum Gasteiger partial charge on any atom is -0.398 e. The molecule has 0 atom stereocenters. The minimum absolute atomic E-state index is 0.207. The molecule has 1 amide bonds. The molecule has 0 unspecified atom stereocenters. The Labute approximate surface area is 122 Å². The van der Waals surface area contributed by atoms with Crippen LogP contribution in [0.15, 0.2) is 54.7 Å². The maximum absolute atomic E-state index is 12.5. The number of amides is 1. The van der Waals surface area contributed by atoms with Gasteiger partial charge in [0, 0.05) is 17.3 Å². The topological polar surface area (TPSA) is 68.0 Å². The lowest BCUT2D eigenvalue weighted by atomic mass is 10.1. The summed E-state index contributed by atoms with van der Waals surface area (Å²) in [5.41, 5.74) is 9.33. The van der Waals surface area contributed by atoms with Gasteiger partial charge in [0.15, 0.2) is 0 Å². The number of rotatable bonds is 2. The lowest BCUT2D eigenvalue weighted by Crippen LogP contribution is -2.15. The van der Waals surface area contributed by atoms with Crippen molar-refractivity contribution in [2.45, 2.75) is 6.92 Å². The van der Waals surface area contributed by atoms with Crippen LogP contribution in [0.2, 0.25) is 0 Å². The number of carbonyl (C=O) groups is 1. The monoisotopic (exact) mass is 277 g/mol. The van der Waals surface area contributed by atoms with E-state index < -0.39 is 0 Å². The van der Waals surface area contributed by atoms with Gasteiger partial charge in [-0.1, -0.05) is 18.2 Å². The summed E-state index contributed by atoms with van der Waals surface area (Å²) in [6.07, 6.45) is 1.73. The number of nitrogens with two attached hydrogens (primary N) is 1. The SMILES string of the molecule is Cc1cccc(N)c1C(=O)Nc1cccc2ncccc12. The van der Waals surface area contributed by atoms with E-state index in [0.29, 0.717) is 11.3 Å². The van der Waals surface area contributed by atoms with Crippen molar-refractivity contribution in [3.8, 4) is 0 Å². The van der Waals surface area contributed by atoms with E-state index in [9.17, 15) is 4.79 Å². The highest BCUT2D eigenvalue weighted by atomic mass is 16.1. The molecule has 3 rings (SSSR count). The summed E-state index contributed by atoms with van der Waals surface area (Å²) >= 11 is 0. The number of hydrogen-bond acceptors (Lipinski definition) is 3. The van der Waals surface area contributed by atoms with Crippen LogP contribution in [0.1, 0.15) is 15.9 Å². The van der Waals surface area contributed by atoms with Crippen molar-refractivity contribution in [2.75, 3.05) is 11.1 Å². The Hall–Kier alpha value is -2.88. The second-order valence-electron chi connectivity index (χ2n) is 4.87. The van der Waals surface area contributed by atoms with Gasteiger partial charge in [-0.2, -0.15) is 0 Å². The molecule has 0 aliphatic heterocycles. The van der Waals surface area contributed by atoms with E-state index in [1.54, 1.807) is 12.3 Å². The van der Waals surface area contributed by atoms with Crippen LogP contribution >= 0.6 is 0 Å². The zero-order valence-electron chi connectivity index (χ0n) is 11.6. The van der Waals surface area contributed by atoms with Crippen LogP contribution in [0.5, 0.6) is 0 Å². The molecule has 0 saturated heterocycles. The van der Waals surface area contributed by atoms with E-state index in [4.69, 9.17) is 5.73 Å². The number of aromatic nitrogens is 1. The third kappa shape index (κ3) is 2.43. The summed E-state index contributed by atoms with van der Waals surface area (Å²) in [6, 6.07) is 14.8. The number of pyridine rings is 1. The Morgan fingerprint density at radius 2 is 1.90 bits per heavy atom. The van der Waals surface area contributed by atoms with E-state index >= 15 is 0 Å². The van der Waals surface area contributed by atoms with Crippen molar-refractivity contribution < 1.29 is 4.79 Å². The van der Waals surface area contributed by atoms with E-state index in [2.05, 4.69) is 10.3 Å². The second kappa shape index (κ2) is 5.25. The molecule has 3 N–H and O–H groups in total. The van der Waals surface area contributed by atoms with Gasteiger partial charge in [-0.25, -0.2) is 0 Å². The number of nitrogen functional groups attached to an aromatic ring is 1. The van der Waals surface area contributed by atoms with Gasteiger partial charge >= 0.3 is 0 Å². The van der Waals surface area contributed by atoms with Crippen molar-refractivity contribution in [3.63, 3.8) is 0 Å². The molecule has 0 aliphatic rings. The zero-order chi connectivity index (χ0) is 14.8. The molecule has 0 saturated carbocycles. The van der Waals surface area contributed by atoms with Gasteiger partial charge in [-0.15, -0.1) is 0 Å². The first kappa shape index (κ1) is 13.1. The van der Waals surface area contributed by atoms with E-state index in [0.717, 1.165) is 22.2 Å². The second-order valence-corrected chi connectivity index (χ2v) is 4.87. The van der Waals surface area contributed by atoms with Crippen molar-refractivity contribution in [1.29, 1.82) is 0 Å². The molecule has 0 bridgehead atoms. The normalized spacial score (nSPS) is 10.5. The molecule has 104 valence electrons. The molecule has 0 radical (unpaired) electrons. The van der Waals surface area contributed by atoms with E-state index in [1.807, 2.05) is 49.4 Å². The van der Waals surface area contributed by atoms with Crippen LogP contribution in [-0.2, 0) is 0 Å². The van der Waals surface area contributed by atoms with Crippen LogP contribution in [0.25, 0.3) is 10.9 Å². The average Bonchev–Trinajstić information content (AvgIpc) is 2.47. The maximum Gasteiger partial charge on any atom is 0.258 e. The number of nitrogens with one attached hydrogen (secondary N) is 1. The highest BCUT2D eigenvalue weighted by Gasteiger charge is 2.13. The first-order chi connectivity index (χ1) is 10.2. The molecule has 0 aliphatic carbocycles. The van der Waals surface area contributed by atoms with Gasteiger partial charge in [0.05, 0.1) is 16.8 Å². The summed E-state index contributed by atoms with van der Waals surface area (Å²) < 4.78 is 0. The average molecular weight is 277 g/mol. The molecule has 0 fully saturated rings. The Morgan fingerprint density at radius 3 is 2.71 bits per heavy atom. The van der Waals surface area contributed by atoms with Crippen LogP contribution < -0.4 is 11.1 Å². The standard InChI is InChI=1S/C17H15N3O/c1-11-5-2-7-13(18)16(11)17(21)20-15-9-3-8-14-12(15)6-4-10-19-14/h2-10H,18H2,1H3,(H,20,21). The number of fused-ring (bicyclic) bond motifs is 1. The molecular formula is C17H15N3O. The summed E-state index contributed by atoms with van der Waals surface area (Å²) in [5, 5.41) is 3.83. The maximum atomic E-state index is 12.5. The van der Waals surface area contributed by atoms with Crippen molar-refractivity contribution in [1.82, 2.24) is 4.98 Å². The number of carbonyl (C=O) groups excluding carboxylic acids is 1. The summed E-state index contributed by atoms with van der Waals surface area (Å²) in [4.78, 5) is 16.8. The lowest BCUT2D eigenvalue weighted by Gasteiger charge is -2.11. The molecule has 2 aromatic carbocycles. The number of benzene rings is 2. The Bertz CT molecular complexity index is 802. The number of nitrogens with zero attached hydrogens (tertiary/aromatic N) is 1. The lowest BCUT2D eigenvalue weighted by molar-refractivity contribution is 0.102. The van der Waals surface area contributed by atoms with Gasteiger partial charge in [0.1, 0.15) is 0 Å². The Balaban J connectivity index is 2.01. The van der Waals surface area contributed by atoms with Gasteiger partial charge in [0.2, 0.25) is 0 Å². The first-order valence-corrected chi connectivity index (χ1v) is 6.67. The minimum atomic E-state index is -0.207. The largest absolute Gasteiger partial charge is 0.398 e. The van der Waals surface area contributed by atoms with E-state index in [-0.39, 0.29) is 5.91 Å². The zero-order valence-corrected chi connectivity index (χ0v) is 11.6. The molecule has 4 nitrogen and oxygen atoms in total. The smallest absolute Gasteiger partial charge is 0.258 e. The number of anilines is 2. The Kier molecular flexibility index (Phi) is 3.28. The molecule has 0 spiro atoms. The van der Waals surface area contributed by atoms with Gasteiger partial charge in [0.25, 0.3) is 5.91 Å². The summed E-state index contributed by atoms with van der Waals surface area (Å²) in [5.74, 6) is -0.207. The van der Waals surface area contributed by atoms with Crippen molar-refractivity contribution in [3.05, 3.63) is 65.9 Å². The van der Waals surface area contributed by atoms with Gasteiger partial charge in [-0.05, 0) is 42.8 Å². The van der Waals surface area contributed by atoms with Crippen molar-refractivity contribution >= 4 is 28.2 Å². The summed E-state index contributed by atoms with van der Waals surface area (Å²) in [7, 11) is 0. The fraction of sp³-hybridized carbons (Fsp3) is 0.0588. The Morgan fingerprint density at radius 1 is 1.10 bits per heavy atom. The quantitative estimate of drug-likeness (QED) is 0.706. The number of aryl methyl sites for hydroxylation is 1. The van der Waals surface area contributed by atoms with Crippen LogP contribution in [-0.4, -0.2) is 10.9 Å². The predicted molar refractivity (Wildman–Crippen MR) is 85.3 cm³/mol.